The van der Waals surface area contributed by atoms with E-state index >= 15 is 0 Å². The van der Waals surface area contributed by atoms with Crippen molar-refractivity contribution in [1.29, 1.82) is 0 Å². The van der Waals surface area contributed by atoms with E-state index in [1.165, 1.54) is 29.6 Å². The number of carbonyl (C=O) groups excluding carboxylic acids is 2. The maximum absolute atomic E-state index is 12.1. The van der Waals surface area contributed by atoms with E-state index in [9.17, 15) is 9.59 Å². The molecule has 1 aliphatic rings. The van der Waals surface area contributed by atoms with E-state index in [0.29, 0.717) is 40.2 Å². The van der Waals surface area contributed by atoms with Crippen LogP contribution in [0.25, 0.3) is 10.2 Å². The third-order valence-electron chi connectivity index (χ3n) is 5.20. The van der Waals surface area contributed by atoms with Crippen molar-refractivity contribution in [1.82, 2.24) is 14.9 Å². The third-order valence-corrected chi connectivity index (χ3v) is 6.30. The molecule has 0 spiro atoms. The van der Waals surface area contributed by atoms with Crippen LogP contribution >= 0.6 is 11.3 Å². The number of rotatable bonds is 4. The minimum Gasteiger partial charge on any atom is -0.465 e. The summed E-state index contributed by atoms with van der Waals surface area (Å²) in [7, 11) is 4.69. The van der Waals surface area contributed by atoms with Crippen molar-refractivity contribution in [2.45, 2.75) is 6.42 Å². The Kier molecular flexibility index (Phi) is 5.68. The minimum atomic E-state index is -0.458. The Hall–Kier alpha value is -3.34. The van der Waals surface area contributed by atoms with Gasteiger partial charge in [0.15, 0.2) is 5.69 Å². The monoisotopic (exact) mass is 444 g/mol. The molecule has 4 rings (SSSR count). The van der Waals surface area contributed by atoms with Crippen LogP contribution in [0.15, 0.2) is 22.9 Å². The number of carbonyl (C=O) groups is 2. The standard InChI is InChI=1S/C20H24N6O4S/c1-24(2)18(27)12-11-30-20(23-12)26-8-4-7-25(9-10-26)13-5-6-22-17-14(13)15(21)16(31-17)19(28)29-3/h5-6,11H,4,7-10,21H2,1-3H3. The maximum Gasteiger partial charge on any atom is 0.350 e. The van der Waals surface area contributed by atoms with Gasteiger partial charge >= 0.3 is 5.97 Å². The van der Waals surface area contributed by atoms with Gasteiger partial charge in [-0.3, -0.25) is 4.79 Å². The fourth-order valence-corrected chi connectivity index (χ4v) is 4.63. The molecule has 164 valence electrons. The van der Waals surface area contributed by atoms with Crippen molar-refractivity contribution in [3.63, 3.8) is 0 Å². The molecular formula is C20H24N6O4S. The van der Waals surface area contributed by atoms with Gasteiger partial charge in [-0.05, 0) is 12.5 Å². The Morgan fingerprint density at radius 2 is 1.97 bits per heavy atom. The lowest BCUT2D eigenvalue weighted by atomic mass is 10.2. The zero-order valence-corrected chi connectivity index (χ0v) is 18.4. The molecule has 2 N–H and O–H groups in total. The first kappa shape index (κ1) is 20.9. The summed E-state index contributed by atoms with van der Waals surface area (Å²) in [5.41, 5.74) is 7.93. The highest BCUT2D eigenvalue weighted by molar-refractivity contribution is 7.21. The van der Waals surface area contributed by atoms with Crippen molar-refractivity contribution in [3.05, 3.63) is 29.1 Å². The lowest BCUT2D eigenvalue weighted by Gasteiger charge is -2.24. The molecular weight excluding hydrogens is 420 g/mol. The highest BCUT2D eigenvalue weighted by Crippen LogP contribution is 2.39. The summed E-state index contributed by atoms with van der Waals surface area (Å²) in [6.45, 7) is 2.89. The van der Waals surface area contributed by atoms with E-state index in [2.05, 4.69) is 14.9 Å². The van der Waals surface area contributed by atoms with E-state index in [-0.39, 0.29) is 5.91 Å². The van der Waals surface area contributed by atoms with Gasteiger partial charge in [0.1, 0.15) is 16.0 Å². The summed E-state index contributed by atoms with van der Waals surface area (Å²) >= 11 is 1.24. The number of methoxy groups -OCH3 is 1. The Balaban J connectivity index is 1.57. The van der Waals surface area contributed by atoms with Crippen LogP contribution in [-0.4, -0.2) is 74.1 Å². The molecule has 0 unspecified atom stereocenters. The number of thiophene rings is 1. The van der Waals surface area contributed by atoms with Crippen LogP contribution in [0.1, 0.15) is 26.6 Å². The van der Waals surface area contributed by atoms with E-state index < -0.39 is 5.97 Å². The molecule has 3 aromatic heterocycles. The SMILES string of the molecule is COC(=O)c1sc2nccc(N3CCCN(c4nc(C(=O)N(C)C)co4)CC3)c2c1N. The topological polar surface area (TPSA) is 118 Å². The quantitative estimate of drug-likeness (QED) is 0.603. The summed E-state index contributed by atoms with van der Waals surface area (Å²) in [6, 6.07) is 2.36. The van der Waals surface area contributed by atoms with E-state index in [0.717, 1.165) is 30.6 Å². The molecule has 0 radical (unpaired) electrons. The molecule has 1 saturated heterocycles. The molecule has 0 bridgehead atoms. The Morgan fingerprint density at radius 3 is 2.71 bits per heavy atom. The molecule has 0 saturated carbocycles. The second kappa shape index (κ2) is 8.42. The number of amides is 1. The zero-order valence-electron chi connectivity index (χ0n) is 17.6. The first-order valence-electron chi connectivity index (χ1n) is 9.83. The smallest absolute Gasteiger partial charge is 0.350 e. The van der Waals surface area contributed by atoms with Gasteiger partial charge < -0.3 is 29.6 Å². The average molecular weight is 445 g/mol. The predicted molar refractivity (Wildman–Crippen MR) is 119 cm³/mol. The normalized spacial score (nSPS) is 14.5. The van der Waals surface area contributed by atoms with Crippen LogP contribution in [0.2, 0.25) is 0 Å². The molecule has 10 nitrogen and oxygen atoms in total. The molecule has 0 aromatic carbocycles. The van der Waals surface area contributed by atoms with Gasteiger partial charge in [0.25, 0.3) is 11.9 Å². The van der Waals surface area contributed by atoms with Gasteiger partial charge in [-0.2, -0.15) is 4.98 Å². The second-order valence-corrected chi connectivity index (χ2v) is 8.39. The van der Waals surface area contributed by atoms with Crippen LogP contribution < -0.4 is 15.5 Å². The van der Waals surface area contributed by atoms with E-state index in [4.69, 9.17) is 14.9 Å². The summed E-state index contributed by atoms with van der Waals surface area (Å²) < 4.78 is 10.4. The van der Waals surface area contributed by atoms with Gasteiger partial charge in [-0.15, -0.1) is 11.3 Å². The lowest BCUT2D eigenvalue weighted by molar-refractivity contribution is 0.0607. The zero-order chi connectivity index (χ0) is 22.1. The number of aromatic nitrogens is 2. The number of fused-ring (bicyclic) bond motifs is 1. The molecule has 1 fully saturated rings. The lowest BCUT2D eigenvalue weighted by Crippen LogP contribution is -2.31. The highest BCUT2D eigenvalue weighted by Gasteiger charge is 2.25. The molecule has 1 aliphatic heterocycles. The van der Waals surface area contributed by atoms with Gasteiger partial charge in [0, 0.05) is 46.5 Å². The number of esters is 1. The van der Waals surface area contributed by atoms with Gasteiger partial charge in [-0.25, -0.2) is 9.78 Å². The van der Waals surface area contributed by atoms with Crippen molar-refractivity contribution < 1.29 is 18.7 Å². The molecule has 0 atom stereocenters. The molecule has 1 amide bonds. The fourth-order valence-electron chi connectivity index (χ4n) is 3.62. The Labute approximate surface area is 183 Å². The van der Waals surface area contributed by atoms with Crippen molar-refractivity contribution >= 4 is 50.8 Å². The molecule has 3 aromatic rings. The first-order chi connectivity index (χ1) is 14.9. The Bertz CT molecular complexity index is 1120. The predicted octanol–water partition coefficient (Wildman–Crippen LogP) is 2.07. The van der Waals surface area contributed by atoms with Gasteiger partial charge in [0.2, 0.25) is 0 Å². The van der Waals surface area contributed by atoms with Crippen LogP contribution in [0.3, 0.4) is 0 Å². The number of nitrogen functional groups attached to an aromatic ring is 1. The summed E-state index contributed by atoms with van der Waals surface area (Å²) in [4.78, 5) is 39.7. The van der Waals surface area contributed by atoms with Crippen LogP contribution in [-0.2, 0) is 4.74 Å². The van der Waals surface area contributed by atoms with Crippen LogP contribution in [0.4, 0.5) is 17.4 Å². The largest absolute Gasteiger partial charge is 0.465 e. The van der Waals surface area contributed by atoms with Crippen LogP contribution in [0.5, 0.6) is 0 Å². The number of hydrogen-bond donors (Lipinski definition) is 1. The summed E-state index contributed by atoms with van der Waals surface area (Å²) in [5, 5.41) is 0.774. The molecule has 4 heterocycles. The fraction of sp³-hybridized carbons (Fsp3) is 0.400. The summed E-state index contributed by atoms with van der Waals surface area (Å²) in [6.07, 6.45) is 3.98. The molecule has 0 aliphatic carbocycles. The molecule has 31 heavy (non-hydrogen) atoms. The minimum absolute atomic E-state index is 0.194. The van der Waals surface area contributed by atoms with Crippen molar-refractivity contribution in [2.24, 2.45) is 0 Å². The maximum atomic E-state index is 12.1. The third kappa shape index (κ3) is 3.88. The number of pyridine rings is 1. The van der Waals surface area contributed by atoms with E-state index in [1.54, 1.807) is 20.3 Å². The number of oxazole rings is 1. The van der Waals surface area contributed by atoms with Gasteiger partial charge in [0.05, 0.1) is 23.9 Å². The van der Waals surface area contributed by atoms with E-state index in [1.807, 2.05) is 11.0 Å². The van der Waals surface area contributed by atoms with Crippen LogP contribution in [0, 0.1) is 0 Å². The second-order valence-electron chi connectivity index (χ2n) is 7.39. The number of nitrogens with zero attached hydrogens (tertiary/aromatic N) is 5. The number of ether oxygens (including phenoxy) is 1. The number of hydrogen-bond acceptors (Lipinski definition) is 10. The van der Waals surface area contributed by atoms with Crippen molar-refractivity contribution in [3.8, 4) is 0 Å². The van der Waals surface area contributed by atoms with Crippen molar-refractivity contribution in [2.75, 3.05) is 62.9 Å². The summed E-state index contributed by atoms with van der Waals surface area (Å²) in [5.74, 6) is -0.652. The van der Waals surface area contributed by atoms with Gasteiger partial charge in [-0.1, -0.05) is 0 Å². The number of anilines is 3. The highest BCUT2D eigenvalue weighted by atomic mass is 32.1. The molecule has 11 heteroatoms. The Morgan fingerprint density at radius 1 is 1.23 bits per heavy atom. The number of nitrogens with two attached hydrogens (primary N) is 1. The first-order valence-corrected chi connectivity index (χ1v) is 10.6. The average Bonchev–Trinajstić information content (AvgIpc) is 3.30.